The number of rotatable bonds is 5. The Kier molecular flexibility index (Phi) is 5.09. The highest BCUT2D eigenvalue weighted by molar-refractivity contribution is 7.99. The number of phenolic OH excluding ortho intramolecular Hbond substituents is 1. The highest BCUT2D eigenvalue weighted by atomic mass is 32.2. The number of hydrogen-bond donors (Lipinski definition) is 2. The number of aromatic hydroxyl groups is 1. The number of aromatic nitrogens is 2. The van der Waals surface area contributed by atoms with Crippen molar-refractivity contribution in [3.8, 4) is 5.75 Å². The molecule has 2 aromatic carbocycles. The van der Waals surface area contributed by atoms with E-state index in [0.717, 1.165) is 4.90 Å². The Hall–Kier alpha value is -3.46. The van der Waals surface area contributed by atoms with Gasteiger partial charge in [0.25, 0.3) is 11.6 Å². The van der Waals surface area contributed by atoms with Gasteiger partial charge in [-0.1, -0.05) is 11.8 Å². The van der Waals surface area contributed by atoms with Gasteiger partial charge in [0.05, 0.1) is 16.0 Å². The first-order valence-electron chi connectivity index (χ1n) is 7.35. The first kappa shape index (κ1) is 17.4. The number of nitro groups is 1. The standard InChI is InChI=1S/C17H12N4O4S/c22-12-2-4-13(5-3-12)26-16-6-1-11(9-15(16)21(24)25)20-17(23)14-10-18-7-8-19-14/h1-10,22H,(H,20,23). The fraction of sp³-hybridized carbons (Fsp3) is 0. The quantitative estimate of drug-likeness (QED) is 0.522. The van der Waals surface area contributed by atoms with Gasteiger partial charge in [0.15, 0.2) is 0 Å². The summed E-state index contributed by atoms with van der Waals surface area (Å²) in [5.41, 5.74) is 0.250. The molecule has 0 atom stereocenters. The average molecular weight is 368 g/mol. The second-order valence-electron chi connectivity index (χ2n) is 5.08. The maximum atomic E-state index is 12.1. The maximum Gasteiger partial charge on any atom is 0.285 e. The highest BCUT2D eigenvalue weighted by Gasteiger charge is 2.17. The van der Waals surface area contributed by atoms with Crippen LogP contribution in [0.15, 0.2) is 70.8 Å². The predicted molar refractivity (Wildman–Crippen MR) is 95.3 cm³/mol. The summed E-state index contributed by atoms with van der Waals surface area (Å²) in [6, 6.07) is 10.7. The number of nitrogens with zero attached hydrogens (tertiary/aromatic N) is 3. The van der Waals surface area contributed by atoms with E-state index in [9.17, 15) is 20.0 Å². The summed E-state index contributed by atoms with van der Waals surface area (Å²) < 4.78 is 0. The van der Waals surface area contributed by atoms with Crippen molar-refractivity contribution in [2.45, 2.75) is 9.79 Å². The van der Waals surface area contributed by atoms with Crippen LogP contribution in [0, 0.1) is 10.1 Å². The molecule has 0 spiro atoms. The van der Waals surface area contributed by atoms with Crippen molar-refractivity contribution >= 4 is 29.0 Å². The van der Waals surface area contributed by atoms with Crippen LogP contribution in [0.5, 0.6) is 5.75 Å². The third-order valence-corrected chi connectivity index (χ3v) is 4.35. The van der Waals surface area contributed by atoms with E-state index in [4.69, 9.17) is 0 Å². The van der Waals surface area contributed by atoms with E-state index in [1.54, 1.807) is 24.3 Å². The van der Waals surface area contributed by atoms with Crippen LogP contribution in [0.4, 0.5) is 11.4 Å². The molecule has 2 N–H and O–H groups in total. The van der Waals surface area contributed by atoms with E-state index >= 15 is 0 Å². The molecule has 0 aliphatic heterocycles. The Morgan fingerprint density at radius 1 is 1.15 bits per heavy atom. The van der Waals surface area contributed by atoms with E-state index in [-0.39, 0.29) is 22.8 Å². The largest absolute Gasteiger partial charge is 0.508 e. The lowest BCUT2D eigenvalue weighted by atomic mass is 10.2. The smallest absolute Gasteiger partial charge is 0.285 e. The van der Waals surface area contributed by atoms with E-state index in [1.807, 2.05) is 0 Å². The van der Waals surface area contributed by atoms with Crippen molar-refractivity contribution in [2.75, 3.05) is 5.32 Å². The van der Waals surface area contributed by atoms with Gasteiger partial charge in [-0.25, -0.2) is 4.98 Å². The minimum atomic E-state index is -0.513. The summed E-state index contributed by atoms with van der Waals surface area (Å²) in [5, 5.41) is 23.3. The summed E-state index contributed by atoms with van der Waals surface area (Å²) in [5.74, 6) is -0.391. The molecule has 3 rings (SSSR count). The Labute approximate surface area is 152 Å². The molecule has 0 unspecified atom stereocenters. The number of anilines is 1. The lowest BCUT2D eigenvalue weighted by molar-refractivity contribution is -0.387. The van der Waals surface area contributed by atoms with Crippen LogP contribution in [0.3, 0.4) is 0 Å². The Bertz CT molecular complexity index is 949. The second kappa shape index (κ2) is 7.62. The number of benzene rings is 2. The van der Waals surface area contributed by atoms with E-state index in [2.05, 4.69) is 15.3 Å². The van der Waals surface area contributed by atoms with Gasteiger partial charge < -0.3 is 10.4 Å². The number of phenols is 1. The van der Waals surface area contributed by atoms with Gasteiger partial charge in [-0.15, -0.1) is 0 Å². The zero-order valence-corrected chi connectivity index (χ0v) is 14.0. The van der Waals surface area contributed by atoms with Crippen molar-refractivity contribution < 1.29 is 14.8 Å². The van der Waals surface area contributed by atoms with Crippen LogP contribution in [0.1, 0.15) is 10.5 Å². The fourth-order valence-corrected chi connectivity index (χ4v) is 2.98. The molecule has 9 heteroatoms. The number of carbonyl (C=O) groups is 1. The normalized spacial score (nSPS) is 10.3. The molecular weight excluding hydrogens is 356 g/mol. The Balaban J connectivity index is 1.83. The number of nitro benzene ring substituents is 1. The SMILES string of the molecule is O=C(Nc1ccc(Sc2ccc(O)cc2)c([N+](=O)[O-])c1)c1cnccn1. The van der Waals surface area contributed by atoms with Crippen molar-refractivity contribution in [3.05, 3.63) is 76.9 Å². The van der Waals surface area contributed by atoms with E-state index in [1.165, 1.54) is 48.6 Å². The van der Waals surface area contributed by atoms with Crippen molar-refractivity contribution in [1.29, 1.82) is 0 Å². The molecule has 0 aliphatic carbocycles. The molecule has 0 radical (unpaired) electrons. The van der Waals surface area contributed by atoms with Gasteiger partial charge >= 0.3 is 0 Å². The zero-order valence-electron chi connectivity index (χ0n) is 13.2. The number of carbonyl (C=O) groups excluding carboxylic acids is 1. The Morgan fingerprint density at radius 3 is 2.58 bits per heavy atom. The minimum absolute atomic E-state index is 0.109. The van der Waals surface area contributed by atoms with Crippen LogP contribution >= 0.6 is 11.8 Å². The van der Waals surface area contributed by atoms with Crippen LogP contribution in [0.25, 0.3) is 0 Å². The summed E-state index contributed by atoms with van der Waals surface area (Å²) in [6.45, 7) is 0. The van der Waals surface area contributed by atoms with Gasteiger partial charge in [-0.05, 0) is 36.4 Å². The van der Waals surface area contributed by atoms with Gasteiger partial charge in [-0.2, -0.15) is 0 Å². The molecular formula is C17H12N4O4S. The molecule has 0 saturated carbocycles. The van der Waals surface area contributed by atoms with Gasteiger partial charge in [0, 0.05) is 29.0 Å². The third-order valence-electron chi connectivity index (χ3n) is 3.27. The molecule has 3 aromatic rings. The number of hydrogen-bond acceptors (Lipinski definition) is 7. The van der Waals surface area contributed by atoms with Gasteiger partial charge in [0.2, 0.25) is 0 Å². The number of amides is 1. The zero-order chi connectivity index (χ0) is 18.5. The number of nitrogens with one attached hydrogen (secondary N) is 1. The average Bonchev–Trinajstić information content (AvgIpc) is 2.65. The van der Waals surface area contributed by atoms with Crippen molar-refractivity contribution in [2.24, 2.45) is 0 Å². The summed E-state index contributed by atoms with van der Waals surface area (Å²) in [7, 11) is 0. The molecule has 1 amide bonds. The van der Waals surface area contributed by atoms with Crippen molar-refractivity contribution in [3.63, 3.8) is 0 Å². The molecule has 0 saturated heterocycles. The van der Waals surface area contributed by atoms with Gasteiger partial charge in [-0.3, -0.25) is 19.9 Å². The highest BCUT2D eigenvalue weighted by Crippen LogP contribution is 2.36. The molecule has 26 heavy (non-hydrogen) atoms. The fourth-order valence-electron chi connectivity index (χ4n) is 2.08. The first-order chi connectivity index (χ1) is 12.5. The maximum absolute atomic E-state index is 12.1. The molecule has 0 bridgehead atoms. The second-order valence-corrected chi connectivity index (χ2v) is 6.20. The van der Waals surface area contributed by atoms with Crippen molar-refractivity contribution in [1.82, 2.24) is 9.97 Å². The van der Waals surface area contributed by atoms with Crippen LogP contribution < -0.4 is 5.32 Å². The van der Waals surface area contributed by atoms with Crippen LogP contribution in [0.2, 0.25) is 0 Å². The van der Waals surface area contributed by atoms with Crippen LogP contribution in [-0.2, 0) is 0 Å². The first-order valence-corrected chi connectivity index (χ1v) is 8.17. The summed E-state index contributed by atoms with van der Waals surface area (Å²) >= 11 is 1.19. The predicted octanol–water partition coefficient (Wildman–Crippen LogP) is 3.49. The molecule has 8 nitrogen and oxygen atoms in total. The lowest BCUT2D eigenvalue weighted by Gasteiger charge is -2.07. The molecule has 0 fully saturated rings. The molecule has 130 valence electrons. The van der Waals surface area contributed by atoms with Gasteiger partial charge in [0.1, 0.15) is 11.4 Å². The molecule has 0 aliphatic rings. The minimum Gasteiger partial charge on any atom is -0.508 e. The summed E-state index contributed by atoms with van der Waals surface area (Å²) in [6.07, 6.45) is 4.13. The lowest BCUT2D eigenvalue weighted by Crippen LogP contribution is -2.13. The molecule has 1 aromatic heterocycles. The topological polar surface area (TPSA) is 118 Å². The third kappa shape index (κ3) is 4.14. The Morgan fingerprint density at radius 2 is 1.92 bits per heavy atom. The molecule has 1 heterocycles. The monoisotopic (exact) mass is 368 g/mol. The van der Waals surface area contributed by atoms with Crippen LogP contribution in [-0.4, -0.2) is 25.9 Å². The van der Waals surface area contributed by atoms with E-state index < -0.39 is 10.8 Å². The summed E-state index contributed by atoms with van der Waals surface area (Å²) in [4.78, 5) is 31.8. The van der Waals surface area contributed by atoms with E-state index in [0.29, 0.717) is 4.90 Å².